The summed E-state index contributed by atoms with van der Waals surface area (Å²) in [6.07, 6.45) is 8.60. The van der Waals surface area contributed by atoms with E-state index in [-0.39, 0.29) is 5.78 Å². The topological polar surface area (TPSA) is 24.7 Å². The van der Waals surface area contributed by atoms with E-state index in [4.69, 9.17) is 0 Å². The van der Waals surface area contributed by atoms with E-state index in [0.29, 0.717) is 0 Å². The molecule has 0 spiro atoms. The maximum Gasteiger partial charge on any atom is 0.210 e. The van der Waals surface area contributed by atoms with Crippen molar-refractivity contribution < 1.29 is 4.79 Å². The highest BCUT2D eigenvalue weighted by Crippen LogP contribution is 2.22. The SMILES string of the molecule is CCCCc1cc2ccccn2c1C(=O)c1ccc(CCCN(CC)CCC)cc1. The fraction of sp³-hybridized carbons (Fsp3) is 0.444. The summed E-state index contributed by atoms with van der Waals surface area (Å²) in [6.45, 7) is 10.1. The summed E-state index contributed by atoms with van der Waals surface area (Å²) in [5.41, 5.74) is 5.17. The van der Waals surface area contributed by atoms with Crippen LogP contribution in [0.4, 0.5) is 0 Å². The molecular formula is C27H36N2O. The monoisotopic (exact) mass is 404 g/mol. The Hall–Kier alpha value is -2.39. The van der Waals surface area contributed by atoms with Crippen LogP contribution < -0.4 is 0 Å². The number of rotatable bonds is 12. The van der Waals surface area contributed by atoms with Gasteiger partial charge < -0.3 is 9.30 Å². The van der Waals surface area contributed by atoms with E-state index in [1.165, 1.54) is 18.5 Å². The predicted molar refractivity (Wildman–Crippen MR) is 127 cm³/mol. The van der Waals surface area contributed by atoms with Crippen molar-refractivity contribution in [3.05, 3.63) is 77.1 Å². The van der Waals surface area contributed by atoms with Crippen molar-refractivity contribution in [3.8, 4) is 0 Å². The third-order valence-electron chi connectivity index (χ3n) is 5.92. The third kappa shape index (κ3) is 5.40. The molecule has 3 rings (SSSR count). The second-order valence-electron chi connectivity index (χ2n) is 8.18. The second kappa shape index (κ2) is 11.1. The molecule has 0 radical (unpaired) electrons. The van der Waals surface area contributed by atoms with Gasteiger partial charge in [0.2, 0.25) is 5.78 Å². The van der Waals surface area contributed by atoms with Crippen LogP contribution >= 0.6 is 0 Å². The van der Waals surface area contributed by atoms with E-state index in [9.17, 15) is 4.79 Å². The van der Waals surface area contributed by atoms with Gasteiger partial charge in [0, 0.05) is 17.3 Å². The highest BCUT2D eigenvalue weighted by atomic mass is 16.1. The molecule has 0 aliphatic rings. The molecule has 160 valence electrons. The van der Waals surface area contributed by atoms with Crippen LogP contribution in [0, 0.1) is 0 Å². The number of fused-ring (bicyclic) bond motifs is 1. The lowest BCUT2D eigenvalue weighted by molar-refractivity contribution is 0.103. The van der Waals surface area contributed by atoms with Crippen molar-refractivity contribution in [1.82, 2.24) is 9.30 Å². The first kappa shape index (κ1) is 22.3. The molecule has 30 heavy (non-hydrogen) atoms. The highest BCUT2D eigenvalue weighted by Gasteiger charge is 2.18. The van der Waals surface area contributed by atoms with E-state index in [1.807, 2.05) is 34.9 Å². The Labute approximate surface area is 181 Å². The average molecular weight is 405 g/mol. The summed E-state index contributed by atoms with van der Waals surface area (Å²) in [6, 6.07) is 16.5. The molecule has 1 aromatic carbocycles. The zero-order chi connectivity index (χ0) is 21.3. The van der Waals surface area contributed by atoms with Gasteiger partial charge in [-0.25, -0.2) is 0 Å². The zero-order valence-electron chi connectivity index (χ0n) is 18.9. The Kier molecular flexibility index (Phi) is 8.27. The third-order valence-corrected chi connectivity index (χ3v) is 5.92. The molecule has 0 saturated carbocycles. The van der Waals surface area contributed by atoms with E-state index in [0.717, 1.165) is 67.5 Å². The number of benzene rings is 1. The summed E-state index contributed by atoms with van der Waals surface area (Å²) < 4.78 is 2.05. The summed E-state index contributed by atoms with van der Waals surface area (Å²) in [4.78, 5) is 15.9. The number of aryl methyl sites for hydroxylation is 2. The Bertz CT molecular complexity index is 939. The first-order valence-corrected chi connectivity index (χ1v) is 11.6. The maximum atomic E-state index is 13.4. The van der Waals surface area contributed by atoms with Crippen molar-refractivity contribution in [3.63, 3.8) is 0 Å². The molecule has 3 heteroatoms. The van der Waals surface area contributed by atoms with E-state index in [1.54, 1.807) is 0 Å². The van der Waals surface area contributed by atoms with Crippen LogP contribution in [0.5, 0.6) is 0 Å². The fourth-order valence-electron chi connectivity index (χ4n) is 4.20. The molecule has 0 amide bonds. The number of carbonyl (C=O) groups is 1. The molecule has 0 unspecified atom stereocenters. The van der Waals surface area contributed by atoms with Crippen molar-refractivity contribution in [2.24, 2.45) is 0 Å². The fourth-order valence-corrected chi connectivity index (χ4v) is 4.20. The van der Waals surface area contributed by atoms with E-state index >= 15 is 0 Å². The minimum atomic E-state index is 0.124. The molecule has 2 heterocycles. The number of carbonyl (C=O) groups excluding carboxylic acids is 1. The first-order valence-electron chi connectivity index (χ1n) is 11.6. The number of unbranched alkanes of at least 4 members (excludes halogenated alkanes) is 1. The van der Waals surface area contributed by atoms with E-state index in [2.05, 4.69) is 49.9 Å². The number of nitrogens with zero attached hydrogens (tertiary/aromatic N) is 2. The Morgan fingerprint density at radius 1 is 0.900 bits per heavy atom. The molecule has 0 aliphatic carbocycles. The van der Waals surface area contributed by atoms with Gasteiger partial charge >= 0.3 is 0 Å². The maximum absolute atomic E-state index is 13.4. The van der Waals surface area contributed by atoms with Gasteiger partial charge in [-0.3, -0.25) is 4.79 Å². The van der Waals surface area contributed by atoms with Gasteiger partial charge in [0.1, 0.15) is 0 Å². The van der Waals surface area contributed by atoms with Crippen LogP contribution in [0.15, 0.2) is 54.7 Å². The summed E-state index contributed by atoms with van der Waals surface area (Å²) in [5, 5.41) is 0. The van der Waals surface area contributed by atoms with Gasteiger partial charge in [-0.2, -0.15) is 0 Å². The van der Waals surface area contributed by atoms with Crippen LogP contribution in [-0.2, 0) is 12.8 Å². The average Bonchev–Trinajstić information content (AvgIpc) is 3.15. The van der Waals surface area contributed by atoms with Gasteiger partial charge in [0.15, 0.2) is 0 Å². The highest BCUT2D eigenvalue weighted by molar-refractivity contribution is 6.09. The summed E-state index contributed by atoms with van der Waals surface area (Å²) >= 11 is 0. The first-order chi connectivity index (χ1) is 14.7. The molecule has 0 atom stereocenters. The molecule has 3 aromatic rings. The number of ketones is 1. The molecule has 0 fully saturated rings. The quantitative estimate of drug-likeness (QED) is 0.337. The standard InChI is InChI=1S/C27H36N2O/c1-4-7-12-24-21-25-13-8-9-20-29(25)26(24)27(30)23-16-14-22(15-17-23)11-10-19-28(6-3)18-5-2/h8-9,13-17,20-21H,4-7,10-12,18-19H2,1-3H3. The molecule has 2 aromatic heterocycles. The van der Waals surface area contributed by atoms with Crippen molar-refractivity contribution >= 4 is 11.3 Å². The minimum Gasteiger partial charge on any atom is -0.313 e. The number of pyridine rings is 1. The number of aromatic nitrogens is 1. The van der Waals surface area contributed by atoms with Crippen LogP contribution in [0.2, 0.25) is 0 Å². The number of hydrogen-bond acceptors (Lipinski definition) is 2. The van der Waals surface area contributed by atoms with Crippen LogP contribution in [0.1, 0.15) is 73.6 Å². The number of hydrogen-bond donors (Lipinski definition) is 0. The lowest BCUT2D eigenvalue weighted by atomic mass is 10.00. The van der Waals surface area contributed by atoms with Gasteiger partial charge in [-0.15, -0.1) is 0 Å². The Morgan fingerprint density at radius 3 is 2.40 bits per heavy atom. The van der Waals surface area contributed by atoms with E-state index < -0.39 is 0 Å². The molecule has 0 saturated heterocycles. The summed E-state index contributed by atoms with van der Waals surface area (Å²) in [5.74, 6) is 0.124. The van der Waals surface area contributed by atoms with Crippen LogP contribution in [0.3, 0.4) is 0 Å². The largest absolute Gasteiger partial charge is 0.313 e. The normalized spacial score (nSPS) is 11.5. The summed E-state index contributed by atoms with van der Waals surface area (Å²) in [7, 11) is 0. The van der Waals surface area contributed by atoms with Gasteiger partial charge in [0.25, 0.3) is 0 Å². The van der Waals surface area contributed by atoms with Crippen molar-refractivity contribution in [2.75, 3.05) is 19.6 Å². The Balaban J connectivity index is 1.73. The predicted octanol–water partition coefficient (Wildman–Crippen LogP) is 6.18. The van der Waals surface area contributed by atoms with Gasteiger partial charge in [0.05, 0.1) is 5.69 Å². The smallest absolute Gasteiger partial charge is 0.210 e. The van der Waals surface area contributed by atoms with Gasteiger partial charge in [-0.1, -0.05) is 57.5 Å². The van der Waals surface area contributed by atoms with Crippen molar-refractivity contribution in [1.29, 1.82) is 0 Å². The molecule has 0 aliphatic heterocycles. The molecule has 0 N–H and O–H groups in total. The second-order valence-corrected chi connectivity index (χ2v) is 8.18. The zero-order valence-corrected chi connectivity index (χ0v) is 18.9. The van der Waals surface area contributed by atoms with Crippen LogP contribution in [0.25, 0.3) is 5.52 Å². The lowest BCUT2D eigenvalue weighted by Crippen LogP contribution is -2.25. The van der Waals surface area contributed by atoms with Crippen molar-refractivity contribution in [2.45, 2.75) is 59.3 Å². The van der Waals surface area contributed by atoms with Gasteiger partial charge in [-0.05, 0) is 81.1 Å². The van der Waals surface area contributed by atoms with Crippen LogP contribution in [-0.4, -0.2) is 34.7 Å². The Morgan fingerprint density at radius 2 is 1.70 bits per heavy atom. The minimum absolute atomic E-state index is 0.124. The lowest BCUT2D eigenvalue weighted by Gasteiger charge is -2.19. The molecule has 3 nitrogen and oxygen atoms in total. The molecular weight excluding hydrogens is 368 g/mol. The molecule has 0 bridgehead atoms.